The summed E-state index contributed by atoms with van der Waals surface area (Å²) in [4.78, 5) is 22.1. The van der Waals surface area contributed by atoms with Crippen LogP contribution in [0.3, 0.4) is 0 Å². The van der Waals surface area contributed by atoms with Crippen LogP contribution < -0.4 is 5.32 Å². The van der Waals surface area contributed by atoms with E-state index in [9.17, 15) is 9.59 Å². The summed E-state index contributed by atoms with van der Waals surface area (Å²) in [6, 6.07) is 0.196. The molecule has 6 heteroatoms. The third-order valence-electron chi connectivity index (χ3n) is 2.20. The fraction of sp³-hybridized carbons (Fsp3) is 0.750. The summed E-state index contributed by atoms with van der Waals surface area (Å²) in [5.41, 5.74) is 0. The largest absolute Gasteiger partial charge is 0.479 e. The van der Waals surface area contributed by atoms with E-state index in [1.807, 2.05) is 0 Å². The average Bonchev–Trinajstić information content (AvgIpc) is 2.81. The predicted octanol–water partition coefficient (Wildman–Crippen LogP) is -0.909. The van der Waals surface area contributed by atoms with E-state index in [-0.39, 0.29) is 12.8 Å². The fourth-order valence-electron chi connectivity index (χ4n) is 1.29. The Balaban J connectivity index is 1.93. The van der Waals surface area contributed by atoms with Crippen LogP contribution >= 0.6 is 0 Å². The molecule has 2 fully saturated rings. The minimum absolute atomic E-state index is 0.139. The molecule has 0 spiro atoms. The summed E-state index contributed by atoms with van der Waals surface area (Å²) in [5, 5.41) is 11.4. The van der Waals surface area contributed by atoms with Gasteiger partial charge in [0.25, 0.3) is 5.91 Å². The first kappa shape index (κ1) is 9.42. The number of carboxylic acids is 1. The van der Waals surface area contributed by atoms with Crippen molar-refractivity contribution in [1.82, 2.24) is 5.32 Å². The van der Waals surface area contributed by atoms with Crippen molar-refractivity contribution in [2.45, 2.75) is 31.1 Å². The fourth-order valence-corrected chi connectivity index (χ4v) is 1.29. The van der Waals surface area contributed by atoms with E-state index >= 15 is 0 Å². The van der Waals surface area contributed by atoms with E-state index in [1.165, 1.54) is 0 Å². The van der Waals surface area contributed by atoms with Crippen LogP contribution in [0.15, 0.2) is 0 Å². The first-order valence-corrected chi connectivity index (χ1v) is 4.45. The molecule has 1 saturated heterocycles. The lowest BCUT2D eigenvalue weighted by Crippen LogP contribution is -2.44. The highest BCUT2D eigenvalue weighted by molar-refractivity contribution is 5.88. The normalized spacial score (nSPS) is 31.4. The topological polar surface area (TPSA) is 84.9 Å². The lowest BCUT2D eigenvalue weighted by atomic mass is 10.2. The van der Waals surface area contributed by atoms with Crippen LogP contribution in [-0.2, 0) is 19.1 Å². The Morgan fingerprint density at radius 1 is 1.21 bits per heavy atom. The van der Waals surface area contributed by atoms with Gasteiger partial charge < -0.3 is 19.9 Å². The van der Waals surface area contributed by atoms with Crippen molar-refractivity contribution in [1.29, 1.82) is 0 Å². The van der Waals surface area contributed by atoms with Gasteiger partial charge in [-0.15, -0.1) is 0 Å². The molecule has 0 bridgehead atoms. The first-order valence-electron chi connectivity index (χ1n) is 4.45. The Morgan fingerprint density at radius 3 is 2.43 bits per heavy atom. The lowest BCUT2D eigenvalue weighted by molar-refractivity contribution is -0.150. The minimum atomic E-state index is -1.17. The maximum absolute atomic E-state index is 11.4. The van der Waals surface area contributed by atoms with Crippen LogP contribution in [0.5, 0.6) is 0 Å². The van der Waals surface area contributed by atoms with Gasteiger partial charge in [0, 0.05) is 6.04 Å². The molecule has 0 radical (unpaired) electrons. The molecule has 14 heavy (non-hydrogen) atoms. The molecule has 78 valence electrons. The van der Waals surface area contributed by atoms with E-state index in [4.69, 9.17) is 14.6 Å². The molecule has 2 atom stereocenters. The third-order valence-corrected chi connectivity index (χ3v) is 2.20. The number of carbonyl (C=O) groups excluding carboxylic acids is 1. The monoisotopic (exact) mass is 201 g/mol. The van der Waals surface area contributed by atoms with Gasteiger partial charge in [-0.2, -0.15) is 0 Å². The van der Waals surface area contributed by atoms with Crippen LogP contribution in [0.1, 0.15) is 12.8 Å². The molecule has 1 aliphatic carbocycles. The summed E-state index contributed by atoms with van der Waals surface area (Å²) in [6.07, 6.45) is -0.268. The number of amides is 1. The Labute approximate surface area is 80.2 Å². The van der Waals surface area contributed by atoms with Crippen LogP contribution in [-0.4, -0.2) is 42.0 Å². The van der Waals surface area contributed by atoms with Crippen molar-refractivity contribution in [2.24, 2.45) is 0 Å². The first-order chi connectivity index (χ1) is 6.68. The molecular weight excluding hydrogens is 190 g/mol. The SMILES string of the molecule is O=C(O)[C@@H]1OCO[C@H]1C(=O)NC1CC1. The second kappa shape index (κ2) is 3.55. The molecule has 0 aromatic carbocycles. The second-order valence-corrected chi connectivity index (χ2v) is 3.41. The number of ether oxygens (including phenoxy) is 2. The maximum atomic E-state index is 11.4. The Kier molecular flexibility index (Phi) is 2.39. The molecule has 0 aromatic rings. The van der Waals surface area contributed by atoms with Gasteiger partial charge >= 0.3 is 5.97 Å². The van der Waals surface area contributed by atoms with Crippen molar-refractivity contribution in [3.05, 3.63) is 0 Å². The highest BCUT2D eigenvalue weighted by Crippen LogP contribution is 2.20. The molecule has 2 N–H and O–H groups in total. The molecular formula is C8H11NO5. The summed E-state index contributed by atoms with van der Waals surface area (Å²) < 4.78 is 9.67. The lowest BCUT2D eigenvalue weighted by Gasteiger charge is -2.12. The molecule has 2 aliphatic rings. The van der Waals surface area contributed by atoms with Gasteiger partial charge in [-0.05, 0) is 12.8 Å². The van der Waals surface area contributed by atoms with Gasteiger partial charge in [0.15, 0.2) is 12.2 Å². The van der Waals surface area contributed by atoms with E-state index in [0.717, 1.165) is 12.8 Å². The van der Waals surface area contributed by atoms with Crippen LogP contribution in [0.2, 0.25) is 0 Å². The number of aliphatic carboxylic acids is 1. The van der Waals surface area contributed by atoms with E-state index in [2.05, 4.69) is 5.32 Å². The molecule has 1 aliphatic heterocycles. The summed E-state index contributed by atoms with van der Waals surface area (Å²) in [5.74, 6) is -1.56. The van der Waals surface area contributed by atoms with Gasteiger partial charge in [-0.3, -0.25) is 4.79 Å². The number of nitrogens with one attached hydrogen (secondary N) is 1. The molecule has 6 nitrogen and oxygen atoms in total. The minimum Gasteiger partial charge on any atom is -0.479 e. The Morgan fingerprint density at radius 2 is 1.86 bits per heavy atom. The van der Waals surface area contributed by atoms with Crippen molar-refractivity contribution in [2.75, 3.05) is 6.79 Å². The van der Waals surface area contributed by atoms with E-state index in [1.54, 1.807) is 0 Å². The number of rotatable bonds is 3. The Hall–Kier alpha value is -1.14. The second-order valence-electron chi connectivity index (χ2n) is 3.41. The van der Waals surface area contributed by atoms with Crippen molar-refractivity contribution in [3.63, 3.8) is 0 Å². The molecule has 1 amide bonds. The highest BCUT2D eigenvalue weighted by atomic mass is 16.7. The molecule has 0 aromatic heterocycles. The van der Waals surface area contributed by atoms with E-state index in [0.29, 0.717) is 0 Å². The molecule has 2 rings (SSSR count). The quantitative estimate of drug-likeness (QED) is 0.617. The number of hydrogen-bond donors (Lipinski definition) is 2. The number of hydrogen-bond acceptors (Lipinski definition) is 4. The average molecular weight is 201 g/mol. The van der Waals surface area contributed by atoms with Crippen LogP contribution in [0.4, 0.5) is 0 Å². The molecule has 1 saturated carbocycles. The highest BCUT2D eigenvalue weighted by Gasteiger charge is 2.41. The molecule has 1 heterocycles. The van der Waals surface area contributed by atoms with E-state index < -0.39 is 24.1 Å². The van der Waals surface area contributed by atoms with Gasteiger partial charge in [0.05, 0.1) is 0 Å². The van der Waals surface area contributed by atoms with Gasteiger partial charge in [-0.1, -0.05) is 0 Å². The zero-order chi connectivity index (χ0) is 10.1. The standard InChI is InChI=1S/C8H11NO5/c10-7(9-4-1-2-4)5-6(8(11)12)14-3-13-5/h4-6H,1-3H2,(H,9,10)(H,11,12)/t5-,6-/m1/s1. The Bertz CT molecular complexity index is 262. The summed E-state index contributed by atoms with van der Waals surface area (Å²) in [7, 11) is 0. The van der Waals surface area contributed by atoms with Crippen molar-refractivity contribution >= 4 is 11.9 Å². The van der Waals surface area contributed by atoms with Gasteiger partial charge in [0.1, 0.15) is 6.79 Å². The molecule has 0 unspecified atom stereocenters. The van der Waals surface area contributed by atoms with Gasteiger partial charge in [-0.25, -0.2) is 4.79 Å². The number of carbonyl (C=O) groups is 2. The maximum Gasteiger partial charge on any atom is 0.336 e. The summed E-state index contributed by atoms with van der Waals surface area (Å²) >= 11 is 0. The van der Waals surface area contributed by atoms with Crippen LogP contribution in [0.25, 0.3) is 0 Å². The van der Waals surface area contributed by atoms with Crippen molar-refractivity contribution < 1.29 is 24.2 Å². The number of carboxylic acid groups (broad SMARTS) is 1. The van der Waals surface area contributed by atoms with Crippen LogP contribution in [0, 0.1) is 0 Å². The van der Waals surface area contributed by atoms with Crippen molar-refractivity contribution in [3.8, 4) is 0 Å². The summed E-state index contributed by atoms with van der Waals surface area (Å²) in [6.45, 7) is -0.139. The zero-order valence-corrected chi connectivity index (χ0v) is 7.43. The third kappa shape index (κ3) is 1.85. The van der Waals surface area contributed by atoms with Gasteiger partial charge in [0.2, 0.25) is 0 Å². The zero-order valence-electron chi connectivity index (χ0n) is 7.43. The predicted molar refractivity (Wildman–Crippen MR) is 43.4 cm³/mol. The smallest absolute Gasteiger partial charge is 0.336 e.